The van der Waals surface area contributed by atoms with Crippen LogP contribution in [0, 0.1) is 27.4 Å². The zero-order valence-electron chi connectivity index (χ0n) is 13.0. The van der Waals surface area contributed by atoms with Crippen LogP contribution in [0.25, 0.3) is 10.9 Å². The molecule has 0 radical (unpaired) electrons. The molecule has 0 spiro atoms. The molecule has 6 nitrogen and oxygen atoms in total. The fourth-order valence-electron chi connectivity index (χ4n) is 2.71. The van der Waals surface area contributed by atoms with E-state index >= 15 is 0 Å². The Bertz CT molecular complexity index is 793. The molecule has 23 heavy (non-hydrogen) atoms. The number of hydrogen-bond donors (Lipinski definition) is 1. The van der Waals surface area contributed by atoms with Crippen molar-refractivity contribution in [3.8, 4) is 6.07 Å². The Morgan fingerprint density at radius 3 is 2.91 bits per heavy atom. The van der Waals surface area contributed by atoms with Crippen molar-refractivity contribution in [2.24, 2.45) is 5.92 Å². The maximum atomic E-state index is 10.9. The summed E-state index contributed by atoms with van der Waals surface area (Å²) < 4.78 is 0. The first-order chi connectivity index (χ1) is 11.1. The molecule has 1 heterocycles. The van der Waals surface area contributed by atoms with Crippen LogP contribution < -0.4 is 5.32 Å². The van der Waals surface area contributed by atoms with Gasteiger partial charge in [-0.3, -0.25) is 10.1 Å². The summed E-state index contributed by atoms with van der Waals surface area (Å²) in [6, 6.07) is 8.47. The molecular formula is C17H18N4O2. The third kappa shape index (κ3) is 3.57. The first-order valence-corrected chi connectivity index (χ1v) is 7.82. The summed E-state index contributed by atoms with van der Waals surface area (Å²) in [5.41, 5.74) is 0.955. The Morgan fingerprint density at radius 2 is 2.26 bits per heavy atom. The highest BCUT2D eigenvalue weighted by Crippen LogP contribution is 2.34. The molecule has 3 rings (SSSR count). The molecule has 6 heteroatoms. The number of rotatable bonds is 6. The highest BCUT2D eigenvalue weighted by Gasteiger charge is 2.21. The van der Waals surface area contributed by atoms with Gasteiger partial charge in [-0.25, -0.2) is 4.98 Å². The van der Waals surface area contributed by atoms with Crippen molar-refractivity contribution >= 4 is 22.4 Å². The van der Waals surface area contributed by atoms with Crippen LogP contribution in [0.5, 0.6) is 0 Å². The number of hydrogen-bond acceptors (Lipinski definition) is 5. The maximum Gasteiger partial charge on any atom is 0.270 e. The highest BCUT2D eigenvalue weighted by atomic mass is 16.6. The molecule has 1 aliphatic carbocycles. The van der Waals surface area contributed by atoms with Crippen molar-refractivity contribution < 1.29 is 4.92 Å². The van der Waals surface area contributed by atoms with Gasteiger partial charge in [0.2, 0.25) is 0 Å². The van der Waals surface area contributed by atoms with Gasteiger partial charge in [-0.15, -0.1) is 0 Å². The fraction of sp³-hybridized carbons (Fsp3) is 0.412. The number of fused-ring (bicyclic) bond motifs is 1. The van der Waals surface area contributed by atoms with E-state index in [1.807, 2.05) is 0 Å². The molecule has 1 fully saturated rings. The molecule has 1 N–H and O–H groups in total. The van der Waals surface area contributed by atoms with Gasteiger partial charge in [0.1, 0.15) is 5.82 Å². The van der Waals surface area contributed by atoms with E-state index in [0.29, 0.717) is 22.3 Å². The lowest BCUT2D eigenvalue weighted by atomic mass is 10.1. The first kappa shape index (κ1) is 15.2. The summed E-state index contributed by atoms with van der Waals surface area (Å²) in [5.74, 6) is 1.53. The van der Waals surface area contributed by atoms with Crippen LogP contribution in [0.1, 0.15) is 38.2 Å². The van der Waals surface area contributed by atoms with Gasteiger partial charge in [0.05, 0.1) is 22.1 Å². The van der Waals surface area contributed by atoms with Crippen LogP contribution in [0.4, 0.5) is 11.5 Å². The van der Waals surface area contributed by atoms with Gasteiger partial charge in [0.25, 0.3) is 5.69 Å². The van der Waals surface area contributed by atoms with E-state index in [0.717, 1.165) is 12.3 Å². The number of nitro groups is 1. The smallest absolute Gasteiger partial charge is 0.270 e. The van der Waals surface area contributed by atoms with Gasteiger partial charge < -0.3 is 5.32 Å². The van der Waals surface area contributed by atoms with Gasteiger partial charge in [-0.05, 0) is 37.8 Å². The van der Waals surface area contributed by atoms with Crippen molar-refractivity contribution in [3.05, 3.63) is 39.9 Å². The topological polar surface area (TPSA) is 91.8 Å². The number of anilines is 1. The van der Waals surface area contributed by atoms with Gasteiger partial charge in [0, 0.05) is 23.6 Å². The minimum absolute atomic E-state index is 0.0330. The van der Waals surface area contributed by atoms with Crippen LogP contribution in [-0.2, 0) is 0 Å². The molecule has 2 aromatic rings. The van der Waals surface area contributed by atoms with E-state index in [1.54, 1.807) is 12.1 Å². The molecular weight excluding hydrogens is 292 g/mol. The third-order valence-electron chi connectivity index (χ3n) is 4.22. The molecule has 1 saturated carbocycles. The largest absolute Gasteiger partial charge is 0.368 e. The number of pyridine rings is 1. The molecule has 0 saturated heterocycles. The number of nitrogens with zero attached hydrogens (tertiary/aromatic N) is 3. The van der Waals surface area contributed by atoms with Crippen LogP contribution >= 0.6 is 0 Å². The summed E-state index contributed by atoms with van der Waals surface area (Å²) in [6.45, 7) is 2.11. The average Bonchev–Trinajstić information content (AvgIpc) is 3.36. The molecule has 1 unspecified atom stereocenters. The molecule has 1 aliphatic rings. The van der Waals surface area contributed by atoms with Gasteiger partial charge in [-0.2, -0.15) is 5.26 Å². The monoisotopic (exact) mass is 310 g/mol. The zero-order valence-corrected chi connectivity index (χ0v) is 13.0. The van der Waals surface area contributed by atoms with Crippen molar-refractivity contribution in [2.45, 2.75) is 38.6 Å². The molecule has 0 bridgehead atoms. The third-order valence-corrected chi connectivity index (χ3v) is 4.22. The Morgan fingerprint density at radius 1 is 1.48 bits per heavy atom. The highest BCUT2D eigenvalue weighted by molar-refractivity contribution is 5.88. The Hall–Kier alpha value is -2.68. The Kier molecular flexibility index (Phi) is 4.11. The molecule has 1 atom stereocenters. The minimum Gasteiger partial charge on any atom is -0.368 e. The normalized spacial score (nSPS) is 15.1. The number of nitrogens with one attached hydrogen (secondary N) is 1. The van der Waals surface area contributed by atoms with Crippen LogP contribution in [0.3, 0.4) is 0 Å². The second-order valence-corrected chi connectivity index (χ2v) is 6.19. The molecule has 118 valence electrons. The predicted octanol–water partition coefficient (Wildman–Crippen LogP) is 4.01. The molecule has 0 aliphatic heterocycles. The van der Waals surface area contributed by atoms with E-state index in [1.165, 1.54) is 31.4 Å². The number of nitriles is 1. The van der Waals surface area contributed by atoms with E-state index in [2.05, 4.69) is 23.3 Å². The molecule has 1 aromatic carbocycles. The van der Waals surface area contributed by atoms with Crippen molar-refractivity contribution in [1.82, 2.24) is 4.98 Å². The van der Waals surface area contributed by atoms with E-state index in [4.69, 9.17) is 0 Å². The van der Waals surface area contributed by atoms with E-state index in [9.17, 15) is 15.4 Å². The van der Waals surface area contributed by atoms with Gasteiger partial charge in [0.15, 0.2) is 0 Å². The average molecular weight is 310 g/mol. The first-order valence-electron chi connectivity index (χ1n) is 7.82. The summed E-state index contributed by atoms with van der Waals surface area (Å²) in [7, 11) is 0. The lowest BCUT2D eigenvalue weighted by molar-refractivity contribution is -0.384. The lowest BCUT2D eigenvalue weighted by Gasteiger charge is -2.15. The van der Waals surface area contributed by atoms with Crippen molar-refractivity contribution in [1.29, 1.82) is 5.26 Å². The second-order valence-electron chi connectivity index (χ2n) is 6.19. The summed E-state index contributed by atoms with van der Waals surface area (Å²) in [5, 5.41) is 24.1. The second kappa shape index (κ2) is 6.21. The summed E-state index contributed by atoms with van der Waals surface area (Å²) >= 11 is 0. The summed E-state index contributed by atoms with van der Waals surface area (Å²) in [4.78, 5) is 14.9. The van der Waals surface area contributed by atoms with Crippen LogP contribution in [0.2, 0.25) is 0 Å². The van der Waals surface area contributed by atoms with E-state index in [-0.39, 0.29) is 11.7 Å². The minimum atomic E-state index is -0.466. The zero-order chi connectivity index (χ0) is 16.4. The Labute approximate surface area is 134 Å². The Balaban J connectivity index is 1.85. The van der Waals surface area contributed by atoms with Crippen molar-refractivity contribution in [3.63, 3.8) is 0 Å². The van der Waals surface area contributed by atoms with Crippen molar-refractivity contribution in [2.75, 3.05) is 5.32 Å². The number of aromatic nitrogens is 1. The van der Waals surface area contributed by atoms with Crippen LogP contribution in [-0.4, -0.2) is 15.9 Å². The quantitative estimate of drug-likeness (QED) is 0.643. The number of nitro benzene ring substituents is 1. The number of non-ortho nitro benzene ring substituents is 1. The molecule has 0 amide bonds. The van der Waals surface area contributed by atoms with Gasteiger partial charge >= 0.3 is 0 Å². The number of benzene rings is 1. The SMILES string of the molecule is CC(CCC1CC1)Nc1cc(C#N)c2cc([N+](=O)[O-])ccc2n1. The predicted molar refractivity (Wildman–Crippen MR) is 88.2 cm³/mol. The lowest BCUT2D eigenvalue weighted by Crippen LogP contribution is -2.16. The standard InChI is InChI=1S/C17H18N4O2/c1-11(2-3-12-4-5-12)19-17-8-13(10-18)15-9-14(21(22)23)6-7-16(15)20-17/h6-9,11-12H,2-5H2,1H3,(H,19,20). The van der Waals surface area contributed by atoms with E-state index < -0.39 is 4.92 Å². The maximum absolute atomic E-state index is 10.9. The van der Waals surface area contributed by atoms with Crippen LogP contribution in [0.15, 0.2) is 24.3 Å². The fourth-order valence-corrected chi connectivity index (χ4v) is 2.71. The molecule has 1 aromatic heterocycles. The summed E-state index contributed by atoms with van der Waals surface area (Å²) in [6.07, 6.45) is 4.99. The van der Waals surface area contributed by atoms with Gasteiger partial charge in [-0.1, -0.05) is 12.8 Å².